The van der Waals surface area contributed by atoms with E-state index < -0.39 is 0 Å². The first-order valence-corrected chi connectivity index (χ1v) is 7.09. The Hall–Kier alpha value is -2.24. The zero-order chi connectivity index (χ0) is 15.9. The van der Waals surface area contributed by atoms with E-state index in [4.69, 9.17) is 39.4 Å². The second-order valence-corrected chi connectivity index (χ2v) is 5.22. The highest BCUT2D eigenvalue weighted by Crippen LogP contribution is 2.26. The summed E-state index contributed by atoms with van der Waals surface area (Å²) >= 11 is 12.0. The number of guanidine groups is 1. The average molecular weight is 337 g/mol. The highest BCUT2D eigenvalue weighted by atomic mass is 35.5. The van der Waals surface area contributed by atoms with Gasteiger partial charge in [0.25, 0.3) is 0 Å². The molecule has 0 atom stereocenters. The molecule has 0 unspecified atom stereocenters. The molecule has 0 heterocycles. The lowest BCUT2D eigenvalue weighted by atomic mass is 10.2. The smallest absolute Gasteiger partial charge is 0.211 e. The molecule has 0 fully saturated rings. The van der Waals surface area contributed by atoms with E-state index in [0.717, 1.165) is 11.1 Å². The van der Waals surface area contributed by atoms with E-state index in [9.17, 15) is 0 Å². The molecule has 0 amide bonds. The molecule has 0 aromatic heterocycles. The van der Waals surface area contributed by atoms with Crippen molar-refractivity contribution >= 4 is 35.4 Å². The van der Waals surface area contributed by atoms with Crippen LogP contribution in [0.25, 0.3) is 0 Å². The predicted octanol–water partition coefficient (Wildman–Crippen LogP) is 3.18. The van der Waals surface area contributed by atoms with Crippen LogP contribution in [-0.4, -0.2) is 12.2 Å². The summed E-state index contributed by atoms with van der Waals surface area (Å²) in [5, 5.41) is 8.39. The van der Waals surface area contributed by atoms with Crippen molar-refractivity contribution in [2.24, 2.45) is 21.7 Å². The lowest BCUT2D eigenvalue weighted by Gasteiger charge is -2.08. The van der Waals surface area contributed by atoms with Gasteiger partial charge in [0.05, 0.1) is 11.2 Å². The molecule has 2 aromatic carbocycles. The molecule has 0 saturated carbocycles. The standard InChI is InChI=1S/C15H14Cl2N4O/c16-12-4-1-10(2-5-12)9-22-14-6-3-11(7-13(14)17)8-20-21-15(18)19/h1-8H,9H2,(H4,18,19,21). The zero-order valence-corrected chi connectivity index (χ0v) is 13.1. The van der Waals surface area contributed by atoms with Crippen molar-refractivity contribution in [2.45, 2.75) is 6.61 Å². The van der Waals surface area contributed by atoms with Gasteiger partial charge in [0.1, 0.15) is 12.4 Å². The Bertz CT molecular complexity index is 695. The molecule has 2 rings (SSSR count). The SMILES string of the molecule is NC(N)=NN=Cc1ccc(OCc2ccc(Cl)cc2)c(Cl)c1. The maximum Gasteiger partial charge on any atom is 0.211 e. The van der Waals surface area contributed by atoms with Crippen LogP contribution in [0.2, 0.25) is 10.0 Å². The first-order valence-electron chi connectivity index (χ1n) is 6.33. The molecule has 5 nitrogen and oxygen atoms in total. The second kappa shape index (κ2) is 7.68. The third-order valence-electron chi connectivity index (χ3n) is 2.64. The highest BCUT2D eigenvalue weighted by Gasteiger charge is 2.03. The second-order valence-electron chi connectivity index (χ2n) is 4.37. The van der Waals surface area contributed by atoms with Crippen molar-refractivity contribution in [1.29, 1.82) is 0 Å². The zero-order valence-electron chi connectivity index (χ0n) is 11.5. The van der Waals surface area contributed by atoms with Crippen LogP contribution in [0, 0.1) is 0 Å². The fourth-order valence-electron chi connectivity index (χ4n) is 1.62. The molecule has 0 aliphatic carbocycles. The van der Waals surface area contributed by atoms with Crippen LogP contribution in [0.15, 0.2) is 52.7 Å². The third kappa shape index (κ3) is 4.95. The van der Waals surface area contributed by atoms with E-state index >= 15 is 0 Å². The minimum atomic E-state index is -0.106. The number of nitrogens with zero attached hydrogens (tertiary/aromatic N) is 2. The van der Waals surface area contributed by atoms with Gasteiger partial charge in [0.2, 0.25) is 5.96 Å². The first kappa shape index (κ1) is 16.1. The molecule has 0 bridgehead atoms. The summed E-state index contributed by atoms with van der Waals surface area (Å²) in [6, 6.07) is 12.7. The van der Waals surface area contributed by atoms with Crippen molar-refractivity contribution in [3.63, 3.8) is 0 Å². The molecule has 2 aromatic rings. The van der Waals surface area contributed by atoms with Crippen LogP contribution in [0.4, 0.5) is 0 Å². The molecule has 0 aliphatic heterocycles. The average Bonchev–Trinajstić information content (AvgIpc) is 2.48. The third-order valence-corrected chi connectivity index (χ3v) is 3.19. The Morgan fingerprint density at radius 3 is 2.45 bits per heavy atom. The van der Waals surface area contributed by atoms with Gasteiger partial charge in [-0.3, -0.25) is 0 Å². The largest absolute Gasteiger partial charge is 0.487 e. The van der Waals surface area contributed by atoms with Gasteiger partial charge >= 0.3 is 0 Å². The number of rotatable bonds is 5. The van der Waals surface area contributed by atoms with Gasteiger partial charge in [0, 0.05) is 5.02 Å². The minimum Gasteiger partial charge on any atom is -0.487 e. The number of nitrogens with two attached hydrogens (primary N) is 2. The molecule has 0 saturated heterocycles. The van der Waals surface area contributed by atoms with Gasteiger partial charge in [-0.05, 0) is 41.5 Å². The predicted molar refractivity (Wildman–Crippen MR) is 90.6 cm³/mol. The van der Waals surface area contributed by atoms with Gasteiger partial charge in [-0.25, -0.2) is 0 Å². The van der Waals surface area contributed by atoms with Crippen LogP contribution in [0.5, 0.6) is 5.75 Å². The molecular weight excluding hydrogens is 323 g/mol. The van der Waals surface area contributed by atoms with E-state index in [1.807, 2.05) is 24.3 Å². The maximum atomic E-state index is 6.17. The van der Waals surface area contributed by atoms with Gasteiger partial charge < -0.3 is 16.2 Å². The molecule has 0 aliphatic rings. The summed E-state index contributed by atoms with van der Waals surface area (Å²) in [7, 11) is 0. The Kier molecular flexibility index (Phi) is 5.63. The Morgan fingerprint density at radius 1 is 1.09 bits per heavy atom. The molecule has 0 spiro atoms. The van der Waals surface area contributed by atoms with Gasteiger partial charge in [0.15, 0.2) is 0 Å². The summed E-state index contributed by atoms with van der Waals surface area (Å²) < 4.78 is 5.67. The fraction of sp³-hybridized carbons (Fsp3) is 0.0667. The molecule has 114 valence electrons. The fourth-order valence-corrected chi connectivity index (χ4v) is 1.99. The van der Waals surface area contributed by atoms with E-state index in [1.54, 1.807) is 18.2 Å². The molecular formula is C15H14Cl2N4O. The van der Waals surface area contributed by atoms with E-state index in [1.165, 1.54) is 6.21 Å². The van der Waals surface area contributed by atoms with Crippen LogP contribution in [0.3, 0.4) is 0 Å². The van der Waals surface area contributed by atoms with Crippen LogP contribution < -0.4 is 16.2 Å². The number of hydrogen-bond donors (Lipinski definition) is 2. The summed E-state index contributed by atoms with van der Waals surface area (Å²) in [6.45, 7) is 0.401. The van der Waals surface area contributed by atoms with Crippen molar-refractivity contribution in [2.75, 3.05) is 0 Å². The van der Waals surface area contributed by atoms with Gasteiger partial charge in [-0.1, -0.05) is 35.3 Å². The topological polar surface area (TPSA) is 86.0 Å². The first-order chi connectivity index (χ1) is 10.5. The van der Waals surface area contributed by atoms with E-state index in [-0.39, 0.29) is 5.96 Å². The van der Waals surface area contributed by atoms with Crippen molar-refractivity contribution < 1.29 is 4.74 Å². The number of hydrogen-bond acceptors (Lipinski definition) is 3. The normalized spacial score (nSPS) is 10.6. The minimum absolute atomic E-state index is 0.106. The summed E-state index contributed by atoms with van der Waals surface area (Å²) in [4.78, 5) is 0. The summed E-state index contributed by atoms with van der Waals surface area (Å²) in [6.07, 6.45) is 1.49. The number of ether oxygens (including phenoxy) is 1. The molecule has 0 radical (unpaired) electrons. The Morgan fingerprint density at radius 2 is 1.82 bits per heavy atom. The molecule has 7 heteroatoms. The Labute approximate surface area is 138 Å². The summed E-state index contributed by atoms with van der Waals surface area (Å²) in [5.41, 5.74) is 12.1. The highest BCUT2D eigenvalue weighted by molar-refractivity contribution is 6.32. The lowest BCUT2D eigenvalue weighted by molar-refractivity contribution is 0.306. The number of halogens is 2. The van der Waals surface area contributed by atoms with Gasteiger partial charge in [-0.2, -0.15) is 5.10 Å². The van der Waals surface area contributed by atoms with Crippen LogP contribution in [-0.2, 0) is 6.61 Å². The quantitative estimate of drug-likeness (QED) is 0.499. The number of benzene rings is 2. The van der Waals surface area contributed by atoms with Crippen LogP contribution in [0.1, 0.15) is 11.1 Å². The van der Waals surface area contributed by atoms with E-state index in [2.05, 4.69) is 10.2 Å². The van der Waals surface area contributed by atoms with E-state index in [0.29, 0.717) is 22.4 Å². The maximum absolute atomic E-state index is 6.17. The van der Waals surface area contributed by atoms with Crippen molar-refractivity contribution in [3.05, 3.63) is 63.6 Å². The van der Waals surface area contributed by atoms with Crippen molar-refractivity contribution in [1.82, 2.24) is 0 Å². The summed E-state index contributed by atoms with van der Waals surface area (Å²) in [5.74, 6) is 0.473. The van der Waals surface area contributed by atoms with Crippen molar-refractivity contribution in [3.8, 4) is 5.75 Å². The Balaban J connectivity index is 2.02. The molecule has 4 N–H and O–H groups in total. The lowest BCUT2D eigenvalue weighted by Crippen LogP contribution is -2.21. The van der Waals surface area contributed by atoms with Crippen LogP contribution >= 0.6 is 23.2 Å². The van der Waals surface area contributed by atoms with Gasteiger partial charge in [-0.15, -0.1) is 5.10 Å². The monoisotopic (exact) mass is 336 g/mol. The molecule has 22 heavy (non-hydrogen) atoms.